The van der Waals surface area contributed by atoms with Crippen LogP contribution in [-0.2, 0) is 10.8 Å². The molecule has 0 aliphatic carbocycles. The van der Waals surface area contributed by atoms with Crippen molar-refractivity contribution in [3.63, 3.8) is 0 Å². The first kappa shape index (κ1) is 19.8. The molecule has 144 valence electrons. The molecule has 2 aromatic carbocycles. The molecule has 0 bridgehead atoms. The molecule has 0 spiro atoms. The lowest BCUT2D eigenvalue weighted by Gasteiger charge is -2.36. The molecule has 6 nitrogen and oxygen atoms in total. The molecular weight excluding hydrogens is 386 g/mol. The van der Waals surface area contributed by atoms with Gasteiger partial charge in [0, 0.05) is 32.7 Å². The van der Waals surface area contributed by atoms with Gasteiger partial charge in [-0.05, 0) is 24.3 Å². The first-order valence-electron chi connectivity index (χ1n) is 8.62. The monoisotopic (exact) mass is 407 g/mol. The van der Waals surface area contributed by atoms with Gasteiger partial charge in [-0.2, -0.15) is 0 Å². The fraction of sp³-hybridized carbons (Fsp3) is 0.316. The summed E-state index contributed by atoms with van der Waals surface area (Å²) < 4.78 is 24.5. The maximum Gasteiger partial charge on any atom is 0.142 e. The van der Waals surface area contributed by atoms with Gasteiger partial charge in [-0.15, -0.1) is 0 Å². The summed E-state index contributed by atoms with van der Waals surface area (Å²) in [5, 5.41) is 0.770. The zero-order chi connectivity index (χ0) is 19.2. The average molecular weight is 408 g/mol. The lowest BCUT2D eigenvalue weighted by Crippen LogP contribution is -2.48. The maximum atomic E-state index is 12.6. The van der Waals surface area contributed by atoms with E-state index >= 15 is 0 Å². The Morgan fingerprint density at radius 1 is 1.07 bits per heavy atom. The molecule has 27 heavy (non-hydrogen) atoms. The van der Waals surface area contributed by atoms with E-state index in [9.17, 15) is 4.21 Å². The van der Waals surface area contributed by atoms with Gasteiger partial charge in [0.25, 0.3) is 0 Å². The van der Waals surface area contributed by atoms with Crippen LogP contribution < -0.4 is 9.64 Å². The van der Waals surface area contributed by atoms with E-state index in [1.807, 2.05) is 42.5 Å². The summed E-state index contributed by atoms with van der Waals surface area (Å²) in [6.45, 7) is 4.36. The lowest BCUT2D eigenvalue weighted by molar-refractivity contribution is 0.291. The standard InChI is InChI=1S/C19H21N3O2S.ClHO/c1-24-17-8-4-3-7-16(17)22-12-10-21(11-13-22)14-19-20-15-6-2-5-9-18(15)25(19)23;1-2/h2-9H,10-14H2,1H3;2H. The quantitative estimate of drug-likeness (QED) is 0.844. The molecule has 8 heteroatoms. The summed E-state index contributed by atoms with van der Waals surface area (Å²) in [6, 6.07) is 15.8. The lowest BCUT2D eigenvalue weighted by atomic mass is 10.2. The van der Waals surface area contributed by atoms with Crippen LogP contribution in [0.15, 0.2) is 58.4 Å². The van der Waals surface area contributed by atoms with E-state index in [4.69, 9.17) is 9.40 Å². The fourth-order valence-corrected chi connectivity index (χ4v) is 4.57. The predicted molar refractivity (Wildman–Crippen MR) is 110 cm³/mol. The maximum absolute atomic E-state index is 12.6. The highest BCUT2D eigenvalue weighted by Gasteiger charge is 2.26. The second-order valence-electron chi connectivity index (χ2n) is 6.18. The van der Waals surface area contributed by atoms with Crippen LogP contribution in [0.4, 0.5) is 11.4 Å². The number of halogens is 1. The number of aliphatic imine (C=N–C) groups is 1. The molecule has 0 amide bonds. The molecule has 1 saturated heterocycles. The van der Waals surface area contributed by atoms with Gasteiger partial charge < -0.3 is 9.64 Å². The minimum Gasteiger partial charge on any atom is -0.495 e. The van der Waals surface area contributed by atoms with E-state index in [1.54, 1.807) is 7.11 Å². The SMILES string of the molecule is COc1ccccc1N1CCN(CC2=Nc3ccccc3S2=O)CC1.OCl. The number of anilines is 1. The van der Waals surface area contributed by atoms with E-state index in [1.165, 1.54) is 0 Å². The molecule has 1 unspecified atom stereocenters. The number of hydrogen-bond donors (Lipinski definition) is 1. The number of hydrogen-bond acceptors (Lipinski definition) is 6. The molecule has 0 saturated carbocycles. The smallest absolute Gasteiger partial charge is 0.142 e. The van der Waals surface area contributed by atoms with Crippen LogP contribution in [0, 0.1) is 0 Å². The molecule has 0 radical (unpaired) electrons. The van der Waals surface area contributed by atoms with E-state index in [-0.39, 0.29) is 0 Å². The van der Waals surface area contributed by atoms with Crippen molar-refractivity contribution in [1.82, 2.24) is 4.90 Å². The number of fused-ring (bicyclic) bond motifs is 1. The van der Waals surface area contributed by atoms with Gasteiger partial charge in [-0.25, -0.2) is 9.20 Å². The summed E-state index contributed by atoms with van der Waals surface area (Å²) in [6.07, 6.45) is 0. The number of nitrogens with zero attached hydrogens (tertiary/aromatic N) is 3. The highest BCUT2D eigenvalue weighted by molar-refractivity contribution is 8.01. The van der Waals surface area contributed by atoms with Crippen molar-refractivity contribution in [3.8, 4) is 5.75 Å². The zero-order valence-electron chi connectivity index (χ0n) is 15.0. The van der Waals surface area contributed by atoms with Crippen LogP contribution in [0.2, 0.25) is 0 Å². The van der Waals surface area contributed by atoms with Gasteiger partial charge in [-0.1, -0.05) is 24.3 Å². The van der Waals surface area contributed by atoms with Crippen molar-refractivity contribution in [2.45, 2.75) is 4.90 Å². The molecule has 0 aromatic heterocycles. The largest absolute Gasteiger partial charge is 0.495 e. The van der Waals surface area contributed by atoms with Crippen molar-refractivity contribution in [2.75, 3.05) is 44.7 Å². The fourth-order valence-electron chi connectivity index (χ4n) is 3.33. The third kappa shape index (κ3) is 4.32. The molecule has 1 atom stereocenters. The summed E-state index contributed by atoms with van der Waals surface area (Å²) in [4.78, 5) is 10.1. The average Bonchev–Trinajstić information content (AvgIpc) is 3.06. The number of rotatable bonds is 4. The van der Waals surface area contributed by atoms with Gasteiger partial charge in [-0.3, -0.25) is 9.56 Å². The van der Waals surface area contributed by atoms with E-state index in [0.29, 0.717) is 6.54 Å². The second kappa shape index (κ2) is 9.32. The van der Waals surface area contributed by atoms with Gasteiger partial charge >= 0.3 is 0 Å². The van der Waals surface area contributed by atoms with Gasteiger partial charge in [0.15, 0.2) is 0 Å². The summed E-state index contributed by atoms with van der Waals surface area (Å²) >= 11 is 3.64. The summed E-state index contributed by atoms with van der Waals surface area (Å²) in [7, 11) is 0.596. The Balaban J connectivity index is 0.00000102. The Morgan fingerprint density at radius 3 is 2.44 bits per heavy atom. The number of ether oxygens (including phenoxy) is 1. The predicted octanol–water partition coefficient (Wildman–Crippen LogP) is 2.80. The van der Waals surface area contributed by atoms with Crippen molar-refractivity contribution in [1.29, 1.82) is 0 Å². The Hall–Kier alpha value is -1.93. The Morgan fingerprint density at radius 2 is 1.74 bits per heavy atom. The van der Waals surface area contributed by atoms with Crippen molar-refractivity contribution in [3.05, 3.63) is 48.5 Å². The van der Waals surface area contributed by atoms with Crippen molar-refractivity contribution < 1.29 is 13.6 Å². The third-order valence-electron chi connectivity index (χ3n) is 4.68. The normalized spacial score (nSPS) is 19.0. The molecule has 1 fully saturated rings. The molecule has 2 aliphatic rings. The third-order valence-corrected chi connectivity index (χ3v) is 6.07. The molecule has 2 aromatic rings. The molecule has 4 rings (SSSR count). The van der Waals surface area contributed by atoms with Crippen LogP contribution >= 0.6 is 11.9 Å². The Kier molecular flexibility index (Phi) is 6.84. The van der Waals surface area contributed by atoms with Gasteiger partial charge in [0.2, 0.25) is 0 Å². The van der Waals surface area contributed by atoms with Crippen LogP contribution in [0.25, 0.3) is 0 Å². The number of para-hydroxylation sites is 3. The highest BCUT2D eigenvalue weighted by atomic mass is 35.5. The van der Waals surface area contributed by atoms with Crippen LogP contribution in [0.1, 0.15) is 0 Å². The Bertz CT molecular complexity index is 838. The first-order chi connectivity index (χ1) is 13.3. The van der Waals surface area contributed by atoms with Crippen LogP contribution in [0.3, 0.4) is 0 Å². The van der Waals surface area contributed by atoms with Crippen molar-refractivity contribution >= 4 is 39.1 Å². The second-order valence-corrected chi connectivity index (χ2v) is 7.63. The molecular formula is C19H22ClN3O3S. The van der Waals surface area contributed by atoms with E-state index in [2.05, 4.69) is 32.7 Å². The topological polar surface area (TPSA) is 65.4 Å². The Labute approximate surface area is 166 Å². The molecule has 2 heterocycles. The minimum absolute atomic E-state index is 0.668. The number of methoxy groups -OCH3 is 1. The number of benzene rings is 2. The van der Waals surface area contributed by atoms with Gasteiger partial charge in [0.1, 0.15) is 21.6 Å². The van der Waals surface area contributed by atoms with E-state index < -0.39 is 10.8 Å². The molecule has 1 N–H and O–H groups in total. The summed E-state index contributed by atoms with van der Waals surface area (Å²) in [5.41, 5.74) is 1.99. The highest BCUT2D eigenvalue weighted by Crippen LogP contribution is 2.31. The van der Waals surface area contributed by atoms with Crippen LogP contribution in [0.5, 0.6) is 5.75 Å². The van der Waals surface area contributed by atoms with Gasteiger partial charge in [0.05, 0.1) is 35.2 Å². The zero-order valence-corrected chi connectivity index (χ0v) is 16.6. The minimum atomic E-state index is -1.11. The van der Waals surface area contributed by atoms with E-state index in [0.717, 1.165) is 53.2 Å². The first-order valence-corrected chi connectivity index (χ1v) is 10.1. The summed E-state index contributed by atoms with van der Waals surface area (Å²) in [5.74, 6) is 0.910. The molecule has 2 aliphatic heterocycles. The van der Waals surface area contributed by atoms with Crippen LogP contribution in [-0.4, -0.2) is 58.6 Å². The van der Waals surface area contributed by atoms with Crippen molar-refractivity contribution in [2.24, 2.45) is 4.99 Å². The number of piperazine rings is 1.